The van der Waals surface area contributed by atoms with Crippen molar-refractivity contribution in [2.75, 3.05) is 6.61 Å². The van der Waals surface area contributed by atoms with E-state index >= 15 is 0 Å². The van der Waals surface area contributed by atoms with Gasteiger partial charge in [-0.3, -0.25) is 4.79 Å². The Morgan fingerprint density at radius 1 is 1.17 bits per heavy atom. The van der Waals surface area contributed by atoms with E-state index in [-0.39, 0.29) is 11.4 Å². The summed E-state index contributed by atoms with van der Waals surface area (Å²) in [5.41, 5.74) is 2.94. The van der Waals surface area contributed by atoms with Crippen molar-refractivity contribution in [1.82, 2.24) is 0 Å². The minimum atomic E-state index is -0.151. The van der Waals surface area contributed by atoms with Gasteiger partial charge in [-0.1, -0.05) is 53.0 Å². The zero-order chi connectivity index (χ0) is 17.5. The molecular formula is C20H32O3. The molecule has 0 fully saturated rings. The van der Waals surface area contributed by atoms with Crippen LogP contribution in [0.4, 0.5) is 0 Å². The minimum absolute atomic E-state index is 0.0281. The van der Waals surface area contributed by atoms with Crippen molar-refractivity contribution < 1.29 is 14.6 Å². The largest absolute Gasteiger partial charge is 0.508 e. The lowest BCUT2D eigenvalue weighted by Gasteiger charge is -2.21. The van der Waals surface area contributed by atoms with Crippen molar-refractivity contribution >= 4 is 5.97 Å². The summed E-state index contributed by atoms with van der Waals surface area (Å²) < 4.78 is 5.28. The molecule has 3 nitrogen and oxygen atoms in total. The quantitative estimate of drug-likeness (QED) is 0.538. The van der Waals surface area contributed by atoms with Crippen molar-refractivity contribution in [3.63, 3.8) is 0 Å². The molecule has 1 N–H and O–H groups in total. The molecule has 0 unspecified atom stereocenters. The number of rotatable bonds is 8. The summed E-state index contributed by atoms with van der Waals surface area (Å²) in [7, 11) is 0. The van der Waals surface area contributed by atoms with E-state index in [9.17, 15) is 9.90 Å². The van der Waals surface area contributed by atoms with Crippen molar-refractivity contribution in [2.24, 2.45) is 0 Å². The molecule has 130 valence electrons. The van der Waals surface area contributed by atoms with Crippen LogP contribution in [-0.2, 0) is 21.4 Å². The Kier molecular flexibility index (Phi) is 7.60. The molecule has 23 heavy (non-hydrogen) atoms. The third-order valence-corrected chi connectivity index (χ3v) is 4.21. The number of unbranched alkanes of at least 4 members (excludes halogenated alkanes) is 3. The van der Waals surface area contributed by atoms with Crippen LogP contribution in [0.25, 0.3) is 0 Å². The summed E-state index contributed by atoms with van der Waals surface area (Å²) in [6.45, 7) is 10.9. The summed E-state index contributed by atoms with van der Waals surface area (Å²) in [5, 5.41) is 10.1. The van der Waals surface area contributed by atoms with Crippen LogP contribution in [-0.4, -0.2) is 17.7 Å². The molecule has 0 aliphatic carbocycles. The molecule has 3 heteroatoms. The first-order valence-corrected chi connectivity index (χ1v) is 8.74. The fourth-order valence-electron chi connectivity index (χ4n) is 2.47. The molecule has 0 atom stereocenters. The summed E-state index contributed by atoms with van der Waals surface area (Å²) in [6, 6.07) is 3.93. The van der Waals surface area contributed by atoms with Crippen LogP contribution < -0.4 is 0 Å². The molecule has 1 rings (SSSR count). The van der Waals surface area contributed by atoms with Crippen LogP contribution in [0.2, 0.25) is 0 Å². The van der Waals surface area contributed by atoms with Gasteiger partial charge in [0, 0.05) is 6.42 Å². The molecule has 0 saturated heterocycles. The standard InChI is InChI=1S/C20H32O3/c1-6-7-8-9-12-23-19(22)11-10-16-13-17(20(3,4)5)14-18(21)15(16)2/h13-14,21H,6-12H2,1-5H3. The van der Waals surface area contributed by atoms with E-state index in [0.717, 1.165) is 29.5 Å². The van der Waals surface area contributed by atoms with Gasteiger partial charge in [0.15, 0.2) is 0 Å². The Balaban J connectivity index is 2.57. The molecule has 0 bridgehead atoms. The Morgan fingerprint density at radius 3 is 2.48 bits per heavy atom. The number of aryl methyl sites for hydroxylation is 1. The van der Waals surface area contributed by atoms with Gasteiger partial charge in [-0.15, -0.1) is 0 Å². The molecule has 0 radical (unpaired) electrons. The van der Waals surface area contributed by atoms with E-state index in [4.69, 9.17) is 4.74 Å². The lowest BCUT2D eigenvalue weighted by molar-refractivity contribution is -0.143. The highest BCUT2D eigenvalue weighted by Crippen LogP contribution is 2.30. The van der Waals surface area contributed by atoms with E-state index in [2.05, 4.69) is 33.8 Å². The number of hydrogen-bond donors (Lipinski definition) is 1. The molecule has 1 aromatic carbocycles. The van der Waals surface area contributed by atoms with E-state index in [1.54, 1.807) is 0 Å². The minimum Gasteiger partial charge on any atom is -0.508 e. The van der Waals surface area contributed by atoms with Crippen LogP contribution in [0.15, 0.2) is 12.1 Å². The summed E-state index contributed by atoms with van der Waals surface area (Å²) in [4.78, 5) is 11.8. The van der Waals surface area contributed by atoms with E-state index in [0.29, 0.717) is 25.2 Å². The molecule has 0 aromatic heterocycles. The fourth-order valence-corrected chi connectivity index (χ4v) is 2.47. The Hall–Kier alpha value is -1.51. The average molecular weight is 320 g/mol. The maximum Gasteiger partial charge on any atom is 0.306 e. The monoisotopic (exact) mass is 320 g/mol. The van der Waals surface area contributed by atoms with E-state index in [1.165, 1.54) is 12.8 Å². The van der Waals surface area contributed by atoms with Gasteiger partial charge in [-0.25, -0.2) is 0 Å². The lowest BCUT2D eigenvalue weighted by atomic mass is 9.84. The number of aromatic hydroxyl groups is 1. The van der Waals surface area contributed by atoms with Crippen molar-refractivity contribution in [3.05, 3.63) is 28.8 Å². The fraction of sp³-hybridized carbons (Fsp3) is 0.650. The molecule has 0 aliphatic rings. The third-order valence-electron chi connectivity index (χ3n) is 4.21. The second-order valence-electron chi connectivity index (χ2n) is 7.31. The molecular weight excluding hydrogens is 288 g/mol. The first kappa shape index (κ1) is 19.5. The van der Waals surface area contributed by atoms with Gasteiger partial charge in [0.05, 0.1) is 6.61 Å². The average Bonchev–Trinajstić information content (AvgIpc) is 2.47. The van der Waals surface area contributed by atoms with Gasteiger partial charge < -0.3 is 9.84 Å². The third kappa shape index (κ3) is 6.64. The smallest absolute Gasteiger partial charge is 0.306 e. The summed E-state index contributed by atoms with van der Waals surface area (Å²) >= 11 is 0. The van der Waals surface area contributed by atoms with Crippen LogP contribution >= 0.6 is 0 Å². The normalized spacial score (nSPS) is 11.5. The van der Waals surface area contributed by atoms with Gasteiger partial charge in [0.2, 0.25) is 0 Å². The van der Waals surface area contributed by atoms with E-state index < -0.39 is 0 Å². The lowest BCUT2D eigenvalue weighted by Crippen LogP contribution is -2.13. The van der Waals surface area contributed by atoms with Crippen LogP contribution in [0.1, 0.15) is 76.5 Å². The number of carbonyl (C=O) groups excluding carboxylic acids is 1. The molecule has 1 aromatic rings. The van der Waals surface area contributed by atoms with Gasteiger partial charge in [0.1, 0.15) is 5.75 Å². The van der Waals surface area contributed by atoms with Crippen molar-refractivity contribution in [2.45, 2.75) is 78.6 Å². The molecule has 0 amide bonds. The van der Waals surface area contributed by atoms with Crippen LogP contribution in [0.3, 0.4) is 0 Å². The number of hydrogen-bond acceptors (Lipinski definition) is 3. The first-order chi connectivity index (χ1) is 10.8. The Bertz CT molecular complexity index is 512. The number of phenols is 1. The maximum atomic E-state index is 11.8. The molecule has 0 saturated carbocycles. The van der Waals surface area contributed by atoms with Crippen molar-refractivity contribution in [1.29, 1.82) is 0 Å². The maximum absolute atomic E-state index is 11.8. The molecule has 0 heterocycles. The van der Waals surface area contributed by atoms with Gasteiger partial charge >= 0.3 is 5.97 Å². The predicted octanol–water partition coefficient (Wildman–Crippen LogP) is 5.05. The number of ether oxygens (including phenoxy) is 1. The highest BCUT2D eigenvalue weighted by Gasteiger charge is 2.17. The van der Waals surface area contributed by atoms with Crippen LogP contribution in [0, 0.1) is 6.92 Å². The highest BCUT2D eigenvalue weighted by molar-refractivity contribution is 5.69. The zero-order valence-corrected chi connectivity index (χ0v) is 15.4. The second kappa shape index (κ2) is 8.95. The van der Waals surface area contributed by atoms with Crippen molar-refractivity contribution in [3.8, 4) is 5.75 Å². The first-order valence-electron chi connectivity index (χ1n) is 8.74. The number of carbonyl (C=O) groups is 1. The number of esters is 1. The van der Waals surface area contributed by atoms with Gasteiger partial charge in [-0.05, 0) is 47.9 Å². The molecule has 0 aliphatic heterocycles. The van der Waals surface area contributed by atoms with Gasteiger partial charge in [-0.2, -0.15) is 0 Å². The number of phenolic OH excluding ortho intramolecular Hbond substituents is 1. The number of benzene rings is 1. The topological polar surface area (TPSA) is 46.5 Å². The Labute approximate surface area is 141 Å². The Morgan fingerprint density at radius 2 is 1.87 bits per heavy atom. The second-order valence-corrected chi connectivity index (χ2v) is 7.31. The van der Waals surface area contributed by atoms with Gasteiger partial charge in [0.25, 0.3) is 0 Å². The summed E-state index contributed by atoms with van der Waals surface area (Å²) in [6.07, 6.45) is 5.40. The van der Waals surface area contributed by atoms with E-state index in [1.807, 2.05) is 13.0 Å². The summed E-state index contributed by atoms with van der Waals surface area (Å²) in [5.74, 6) is 0.155. The highest BCUT2D eigenvalue weighted by atomic mass is 16.5. The zero-order valence-electron chi connectivity index (χ0n) is 15.4. The van der Waals surface area contributed by atoms with Crippen LogP contribution in [0.5, 0.6) is 5.75 Å². The predicted molar refractivity (Wildman–Crippen MR) is 95.0 cm³/mol. The molecule has 0 spiro atoms. The SMILES string of the molecule is CCCCCCOC(=O)CCc1cc(C(C)(C)C)cc(O)c1C.